The van der Waals surface area contributed by atoms with Gasteiger partial charge in [0.25, 0.3) is 5.91 Å². The molecule has 29 heavy (non-hydrogen) atoms. The molecule has 0 radical (unpaired) electrons. The van der Waals surface area contributed by atoms with Crippen molar-refractivity contribution in [3.05, 3.63) is 65.5 Å². The number of carbonyl (C=O) groups is 3. The van der Waals surface area contributed by atoms with Crippen molar-refractivity contribution in [3.63, 3.8) is 0 Å². The molecule has 1 aliphatic rings. The van der Waals surface area contributed by atoms with Gasteiger partial charge in [0.2, 0.25) is 5.91 Å². The molecule has 4 amide bonds. The van der Waals surface area contributed by atoms with Gasteiger partial charge in [-0.25, -0.2) is 9.18 Å². The van der Waals surface area contributed by atoms with Crippen molar-refractivity contribution >= 4 is 23.5 Å². The second-order valence-electron chi connectivity index (χ2n) is 7.25. The molecular weight excluding hydrogens is 373 g/mol. The number of benzene rings is 2. The molecule has 1 saturated heterocycles. The number of halogens is 1. The molecule has 2 aromatic rings. The molecule has 0 aliphatic carbocycles. The van der Waals surface area contributed by atoms with Crippen molar-refractivity contribution in [2.45, 2.75) is 38.6 Å². The largest absolute Gasteiger partial charge is 0.325 e. The van der Waals surface area contributed by atoms with Crippen LogP contribution in [0.2, 0.25) is 0 Å². The van der Waals surface area contributed by atoms with Crippen LogP contribution < -0.4 is 10.6 Å². The summed E-state index contributed by atoms with van der Waals surface area (Å²) >= 11 is 0. The lowest BCUT2D eigenvalue weighted by Crippen LogP contribution is -2.44. The predicted octanol–water partition coefficient (Wildman–Crippen LogP) is 3.71. The lowest BCUT2D eigenvalue weighted by atomic mass is 9.85. The summed E-state index contributed by atoms with van der Waals surface area (Å²) in [5, 5.41) is 5.44. The topological polar surface area (TPSA) is 78.5 Å². The Kier molecular flexibility index (Phi) is 5.96. The Morgan fingerprint density at radius 3 is 2.38 bits per heavy atom. The summed E-state index contributed by atoms with van der Waals surface area (Å²) in [6, 6.07) is 12.1. The summed E-state index contributed by atoms with van der Waals surface area (Å²) in [6.07, 6.45) is 1.88. The minimum Gasteiger partial charge on any atom is -0.325 e. The van der Waals surface area contributed by atoms with Gasteiger partial charge in [0, 0.05) is 5.69 Å². The van der Waals surface area contributed by atoms with Crippen LogP contribution in [-0.2, 0) is 15.1 Å². The highest BCUT2D eigenvalue weighted by atomic mass is 19.1. The number of hydrogen-bond acceptors (Lipinski definition) is 3. The Hall–Kier alpha value is -3.22. The zero-order chi connectivity index (χ0) is 21.0. The van der Waals surface area contributed by atoms with Crippen LogP contribution in [0.4, 0.5) is 14.9 Å². The number of hydrogen-bond donors (Lipinski definition) is 2. The standard InChI is InChI=1S/C22H24FN3O3/c1-3-4-13-22(16-7-9-17(23)10-8-16)20(28)26(21(29)25-22)14-19(27)24-18-11-5-15(2)6-12-18/h5-12H,3-4,13-14H2,1-2H3,(H,24,27)(H,25,29). The fourth-order valence-corrected chi connectivity index (χ4v) is 3.44. The van der Waals surface area contributed by atoms with Gasteiger partial charge in [0.15, 0.2) is 0 Å². The zero-order valence-corrected chi connectivity index (χ0v) is 16.5. The molecule has 6 nitrogen and oxygen atoms in total. The molecule has 152 valence electrons. The maximum atomic E-state index is 13.4. The van der Waals surface area contributed by atoms with Gasteiger partial charge in [-0.2, -0.15) is 0 Å². The van der Waals surface area contributed by atoms with Gasteiger partial charge in [0.1, 0.15) is 17.9 Å². The van der Waals surface area contributed by atoms with E-state index in [9.17, 15) is 18.8 Å². The SMILES string of the molecule is CCCCC1(c2ccc(F)cc2)NC(=O)N(CC(=O)Nc2ccc(C)cc2)C1=O. The summed E-state index contributed by atoms with van der Waals surface area (Å²) in [5.41, 5.74) is 0.859. The van der Waals surface area contributed by atoms with E-state index in [-0.39, 0.29) is 0 Å². The lowest BCUT2D eigenvalue weighted by Gasteiger charge is -2.27. The van der Waals surface area contributed by atoms with E-state index in [0.717, 1.165) is 16.9 Å². The summed E-state index contributed by atoms with van der Waals surface area (Å²) in [5.74, 6) is -1.39. The van der Waals surface area contributed by atoms with Crippen LogP contribution in [-0.4, -0.2) is 29.3 Å². The molecule has 0 saturated carbocycles. The molecular formula is C22H24FN3O3. The zero-order valence-electron chi connectivity index (χ0n) is 16.5. The van der Waals surface area contributed by atoms with Crippen LogP contribution >= 0.6 is 0 Å². The van der Waals surface area contributed by atoms with Gasteiger partial charge in [-0.05, 0) is 43.2 Å². The van der Waals surface area contributed by atoms with Crippen LogP contribution in [0.1, 0.15) is 37.3 Å². The molecule has 7 heteroatoms. The van der Waals surface area contributed by atoms with Crippen molar-refractivity contribution in [1.82, 2.24) is 10.2 Å². The van der Waals surface area contributed by atoms with E-state index in [1.807, 2.05) is 26.0 Å². The van der Waals surface area contributed by atoms with E-state index in [4.69, 9.17) is 0 Å². The second-order valence-corrected chi connectivity index (χ2v) is 7.25. The Balaban J connectivity index is 1.80. The molecule has 3 rings (SSSR count). The number of nitrogens with one attached hydrogen (secondary N) is 2. The smallest absolute Gasteiger partial charge is 0.325 e. The number of anilines is 1. The van der Waals surface area contributed by atoms with Gasteiger partial charge in [-0.15, -0.1) is 0 Å². The lowest BCUT2D eigenvalue weighted by molar-refractivity contribution is -0.134. The van der Waals surface area contributed by atoms with Gasteiger partial charge in [-0.1, -0.05) is 49.6 Å². The van der Waals surface area contributed by atoms with E-state index < -0.39 is 35.7 Å². The van der Waals surface area contributed by atoms with Gasteiger partial charge < -0.3 is 10.6 Å². The number of aryl methyl sites for hydroxylation is 1. The first kappa shape index (κ1) is 20.5. The first-order valence-electron chi connectivity index (χ1n) is 9.62. The third-order valence-electron chi connectivity index (χ3n) is 5.06. The third-order valence-corrected chi connectivity index (χ3v) is 5.06. The minimum atomic E-state index is -1.29. The number of nitrogens with zero attached hydrogens (tertiary/aromatic N) is 1. The number of imide groups is 1. The van der Waals surface area contributed by atoms with E-state index in [1.54, 1.807) is 12.1 Å². The number of unbranched alkanes of at least 4 members (excludes halogenated alkanes) is 1. The highest BCUT2D eigenvalue weighted by Crippen LogP contribution is 2.34. The van der Waals surface area contributed by atoms with Gasteiger partial charge in [-0.3, -0.25) is 14.5 Å². The third kappa shape index (κ3) is 4.29. The van der Waals surface area contributed by atoms with E-state index >= 15 is 0 Å². The van der Waals surface area contributed by atoms with E-state index in [0.29, 0.717) is 24.1 Å². The molecule has 0 aromatic heterocycles. The van der Waals surface area contributed by atoms with E-state index in [1.165, 1.54) is 24.3 Å². The first-order chi connectivity index (χ1) is 13.9. The fraction of sp³-hybridized carbons (Fsp3) is 0.318. The number of amides is 4. The summed E-state index contributed by atoms with van der Waals surface area (Å²) < 4.78 is 13.4. The monoisotopic (exact) mass is 397 g/mol. The Bertz CT molecular complexity index is 912. The average molecular weight is 397 g/mol. The van der Waals surface area contributed by atoms with Gasteiger partial charge >= 0.3 is 6.03 Å². The number of carbonyl (C=O) groups excluding carboxylic acids is 3. The van der Waals surface area contributed by atoms with Gasteiger partial charge in [0.05, 0.1) is 0 Å². The maximum absolute atomic E-state index is 13.4. The summed E-state index contributed by atoms with van der Waals surface area (Å²) in [6.45, 7) is 3.52. The molecule has 1 atom stereocenters. The maximum Gasteiger partial charge on any atom is 0.325 e. The molecule has 0 bridgehead atoms. The average Bonchev–Trinajstić information content (AvgIpc) is 2.94. The highest BCUT2D eigenvalue weighted by molar-refractivity contribution is 6.10. The first-order valence-corrected chi connectivity index (χ1v) is 9.62. The Morgan fingerprint density at radius 2 is 1.76 bits per heavy atom. The number of rotatable bonds is 7. The quantitative estimate of drug-likeness (QED) is 0.699. The second kappa shape index (κ2) is 8.43. The molecule has 1 heterocycles. The molecule has 1 unspecified atom stereocenters. The van der Waals surface area contributed by atoms with Crippen LogP contribution in [0.25, 0.3) is 0 Å². The highest BCUT2D eigenvalue weighted by Gasteiger charge is 2.52. The molecule has 2 N–H and O–H groups in total. The predicted molar refractivity (Wildman–Crippen MR) is 108 cm³/mol. The molecule has 2 aromatic carbocycles. The van der Waals surface area contributed by atoms with Crippen LogP contribution in [0.3, 0.4) is 0 Å². The summed E-state index contributed by atoms with van der Waals surface area (Å²) in [7, 11) is 0. The van der Waals surface area contributed by atoms with Crippen LogP contribution in [0.5, 0.6) is 0 Å². The molecule has 1 aliphatic heterocycles. The van der Waals surface area contributed by atoms with Crippen molar-refractivity contribution in [3.8, 4) is 0 Å². The fourth-order valence-electron chi connectivity index (χ4n) is 3.44. The summed E-state index contributed by atoms with van der Waals surface area (Å²) in [4.78, 5) is 39.1. The molecule has 0 spiro atoms. The van der Waals surface area contributed by atoms with Crippen LogP contribution in [0.15, 0.2) is 48.5 Å². The van der Waals surface area contributed by atoms with Crippen molar-refractivity contribution in [2.24, 2.45) is 0 Å². The van der Waals surface area contributed by atoms with Crippen LogP contribution in [0, 0.1) is 12.7 Å². The van der Waals surface area contributed by atoms with Crippen molar-refractivity contribution < 1.29 is 18.8 Å². The van der Waals surface area contributed by atoms with Crippen molar-refractivity contribution in [1.29, 1.82) is 0 Å². The Morgan fingerprint density at radius 1 is 1.10 bits per heavy atom. The molecule has 1 fully saturated rings. The Labute approximate surface area is 169 Å². The van der Waals surface area contributed by atoms with E-state index in [2.05, 4.69) is 10.6 Å². The number of urea groups is 1. The van der Waals surface area contributed by atoms with Crippen molar-refractivity contribution in [2.75, 3.05) is 11.9 Å². The normalized spacial score (nSPS) is 18.7. The minimum absolute atomic E-state index is 0.371.